The van der Waals surface area contributed by atoms with Gasteiger partial charge in [-0.3, -0.25) is 9.36 Å². The highest BCUT2D eigenvalue weighted by Crippen LogP contribution is 2.28. The van der Waals surface area contributed by atoms with Crippen LogP contribution in [0, 0.1) is 0 Å². The Labute approximate surface area is 227 Å². The molecule has 224 valence electrons. The molecule has 2 unspecified atom stereocenters. The average molecular weight is 562 g/mol. The summed E-state index contributed by atoms with van der Waals surface area (Å²) in [6.07, 6.45) is -1.64. The summed E-state index contributed by atoms with van der Waals surface area (Å²) in [5.41, 5.74) is 11.0. The third kappa shape index (κ3) is 11.8. The van der Waals surface area contributed by atoms with E-state index in [1.165, 1.54) is 6.20 Å². The van der Waals surface area contributed by atoms with Gasteiger partial charge in [0, 0.05) is 44.5 Å². The molecular weight excluding hydrogens is 518 g/mol. The van der Waals surface area contributed by atoms with Gasteiger partial charge in [-0.15, -0.1) is 0 Å². The Kier molecular flexibility index (Phi) is 16.0. The number of aliphatic hydroxyl groups is 3. The lowest BCUT2D eigenvalue weighted by Gasteiger charge is -2.18. The van der Waals surface area contributed by atoms with Crippen LogP contribution < -0.4 is 22.5 Å². The maximum atomic E-state index is 12.3. The van der Waals surface area contributed by atoms with Crippen molar-refractivity contribution in [3.63, 3.8) is 0 Å². The summed E-state index contributed by atoms with van der Waals surface area (Å²) in [7, 11) is 0. The van der Waals surface area contributed by atoms with Crippen LogP contribution in [0.15, 0.2) is 11.0 Å². The Morgan fingerprint density at radius 3 is 2.28 bits per heavy atom. The van der Waals surface area contributed by atoms with Crippen LogP contribution in [0.4, 0.5) is 5.82 Å². The van der Waals surface area contributed by atoms with Gasteiger partial charge >= 0.3 is 5.69 Å². The Morgan fingerprint density at radius 2 is 1.64 bits per heavy atom. The van der Waals surface area contributed by atoms with E-state index >= 15 is 0 Å². The maximum absolute atomic E-state index is 12.3. The molecule has 0 spiro atoms. The van der Waals surface area contributed by atoms with Crippen LogP contribution in [-0.4, -0.2) is 122 Å². The van der Waals surface area contributed by atoms with E-state index in [4.69, 9.17) is 35.2 Å². The minimum absolute atomic E-state index is 0.0319. The first kappa shape index (κ1) is 33.0. The molecule has 1 fully saturated rings. The molecule has 1 amide bonds. The summed E-state index contributed by atoms with van der Waals surface area (Å²) in [5.74, 6) is -0.133. The van der Waals surface area contributed by atoms with E-state index in [0.29, 0.717) is 77.7 Å². The highest BCUT2D eigenvalue weighted by Gasteiger charge is 2.43. The number of aryl methyl sites for hydroxylation is 1. The number of aliphatic hydroxyl groups excluding tert-OH is 3. The molecule has 1 aliphatic heterocycles. The lowest BCUT2D eigenvalue weighted by atomic mass is 10.1. The second-order valence-corrected chi connectivity index (χ2v) is 8.87. The van der Waals surface area contributed by atoms with E-state index in [2.05, 4.69) is 10.3 Å². The van der Waals surface area contributed by atoms with Gasteiger partial charge in [-0.05, 0) is 19.3 Å². The predicted octanol–water partition coefficient (Wildman–Crippen LogP) is -2.71. The molecule has 1 aromatic heterocycles. The number of anilines is 1. The number of aromatic nitrogens is 2. The molecule has 15 nitrogen and oxygen atoms in total. The summed E-state index contributed by atoms with van der Waals surface area (Å²) >= 11 is 0. The van der Waals surface area contributed by atoms with Crippen molar-refractivity contribution in [3.8, 4) is 0 Å². The van der Waals surface area contributed by atoms with Crippen molar-refractivity contribution in [2.45, 2.75) is 50.2 Å². The summed E-state index contributed by atoms with van der Waals surface area (Å²) < 4.78 is 27.9. The first-order chi connectivity index (χ1) is 18.9. The number of hydrogen-bond acceptors (Lipinski definition) is 13. The van der Waals surface area contributed by atoms with Gasteiger partial charge in [-0.2, -0.15) is 4.98 Å². The van der Waals surface area contributed by atoms with E-state index in [1.54, 1.807) is 0 Å². The fraction of sp³-hybridized carbons (Fsp3) is 0.792. The quantitative estimate of drug-likeness (QED) is 0.0841. The zero-order valence-corrected chi connectivity index (χ0v) is 22.2. The zero-order chi connectivity index (χ0) is 28.5. The van der Waals surface area contributed by atoms with Crippen LogP contribution in [0.1, 0.15) is 31.1 Å². The number of ether oxygens (including phenoxy) is 5. The monoisotopic (exact) mass is 561 g/mol. The van der Waals surface area contributed by atoms with E-state index in [9.17, 15) is 24.9 Å². The molecule has 39 heavy (non-hydrogen) atoms. The van der Waals surface area contributed by atoms with Gasteiger partial charge in [0.15, 0.2) is 6.23 Å². The van der Waals surface area contributed by atoms with Crippen LogP contribution >= 0.6 is 0 Å². The van der Waals surface area contributed by atoms with Crippen LogP contribution in [0.2, 0.25) is 0 Å². The third-order valence-electron chi connectivity index (χ3n) is 5.85. The number of rotatable bonds is 21. The molecule has 0 aliphatic carbocycles. The first-order valence-corrected chi connectivity index (χ1v) is 13.2. The average Bonchev–Trinajstić information content (AvgIpc) is 3.20. The summed E-state index contributed by atoms with van der Waals surface area (Å²) in [6.45, 7) is 4.16. The molecule has 0 aromatic carbocycles. The van der Waals surface area contributed by atoms with Gasteiger partial charge in [0.25, 0.3) is 0 Å². The van der Waals surface area contributed by atoms with Crippen LogP contribution in [0.25, 0.3) is 0 Å². The standard InChI is InChI=1S/C24H43N5O10/c25-5-10-35-7-2-8-36-11-13-38-14-12-37-9-4-19(31)27-6-1-3-17-15-29(24(34)28-22(17)26)23-21(33)20(32)18(16-30)39-23/h15,18,20-21,23,30,32-33H,1-14,16,25H2,(H,27,31)(H2,26,28,34)/t18-,20?,21?,23-/m1/s1. The number of nitrogens with zero attached hydrogens (tertiary/aromatic N) is 2. The molecule has 2 heterocycles. The Hall–Kier alpha value is -2.21. The maximum Gasteiger partial charge on any atom is 0.351 e. The van der Waals surface area contributed by atoms with E-state index in [-0.39, 0.29) is 24.8 Å². The molecule has 1 aromatic rings. The van der Waals surface area contributed by atoms with Gasteiger partial charge in [0.1, 0.15) is 24.1 Å². The topological polar surface area (TPSA) is 223 Å². The summed E-state index contributed by atoms with van der Waals surface area (Å²) in [4.78, 5) is 28.0. The first-order valence-electron chi connectivity index (χ1n) is 13.2. The molecule has 0 bridgehead atoms. The molecule has 2 rings (SSSR count). The molecular formula is C24H43N5O10. The van der Waals surface area contributed by atoms with Gasteiger partial charge in [-0.25, -0.2) is 4.79 Å². The Morgan fingerprint density at radius 1 is 1.00 bits per heavy atom. The van der Waals surface area contributed by atoms with E-state index in [1.807, 2.05) is 0 Å². The summed E-state index contributed by atoms with van der Waals surface area (Å²) in [6, 6.07) is 0. The number of amides is 1. The lowest BCUT2D eigenvalue weighted by molar-refractivity contribution is -0.122. The number of nitrogens with one attached hydrogen (secondary N) is 1. The third-order valence-corrected chi connectivity index (χ3v) is 5.85. The van der Waals surface area contributed by atoms with Crippen molar-refractivity contribution in [2.24, 2.45) is 5.73 Å². The zero-order valence-electron chi connectivity index (χ0n) is 22.2. The second-order valence-electron chi connectivity index (χ2n) is 8.87. The molecule has 1 saturated heterocycles. The molecule has 8 N–H and O–H groups in total. The minimum atomic E-state index is -1.41. The number of carbonyl (C=O) groups is 1. The van der Waals surface area contributed by atoms with Crippen molar-refractivity contribution >= 4 is 11.7 Å². The molecule has 0 saturated carbocycles. The largest absolute Gasteiger partial charge is 0.394 e. The van der Waals surface area contributed by atoms with Gasteiger partial charge in [-0.1, -0.05) is 0 Å². The summed E-state index contributed by atoms with van der Waals surface area (Å²) in [5, 5.41) is 32.2. The van der Waals surface area contributed by atoms with Crippen molar-refractivity contribution in [1.29, 1.82) is 0 Å². The number of hydrogen-bond donors (Lipinski definition) is 6. The van der Waals surface area contributed by atoms with Crippen molar-refractivity contribution in [2.75, 3.05) is 78.3 Å². The lowest BCUT2D eigenvalue weighted by Crippen LogP contribution is -2.36. The van der Waals surface area contributed by atoms with Gasteiger partial charge < -0.3 is 55.8 Å². The Balaban J connectivity index is 1.54. The van der Waals surface area contributed by atoms with Crippen molar-refractivity contribution in [3.05, 3.63) is 22.2 Å². The number of nitrogen functional groups attached to an aromatic ring is 1. The SMILES string of the molecule is NCCOCCCOCCOCCOCCC(=O)NCCCc1cn([C@@H]2O[C@H](CO)C(O)C2O)c(=O)nc1N. The van der Waals surface area contributed by atoms with Gasteiger partial charge in [0.2, 0.25) is 5.91 Å². The second kappa shape index (κ2) is 19.0. The van der Waals surface area contributed by atoms with Crippen molar-refractivity contribution < 1.29 is 43.8 Å². The highest BCUT2D eigenvalue weighted by atomic mass is 16.6. The van der Waals surface area contributed by atoms with Crippen molar-refractivity contribution in [1.82, 2.24) is 14.9 Å². The normalized spacial score (nSPS) is 20.9. The van der Waals surface area contributed by atoms with Crippen LogP contribution in [0.3, 0.4) is 0 Å². The number of carbonyl (C=O) groups excluding carboxylic acids is 1. The van der Waals surface area contributed by atoms with Gasteiger partial charge in [0.05, 0.1) is 46.2 Å². The minimum Gasteiger partial charge on any atom is -0.394 e. The Bertz CT molecular complexity index is 889. The molecule has 15 heteroatoms. The molecule has 1 aliphatic rings. The van der Waals surface area contributed by atoms with E-state index < -0.39 is 36.8 Å². The highest BCUT2D eigenvalue weighted by molar-refractivity contribution is 5.75. The molecule has 4 atom stereocenters. The number of nitrogens with two attached hydrogens (primary N) is 2. The van der Waals surface area contributed by atoms with E-state index in [0.717, 1.165) is 11.0 Å². The smallest absolute Gasteiger partial charge is 0.351 e. The fourth-order valence-corrected chi connectivity index (χ4v) is 3.76. The molecule has 0 radical (unpaired) electrons. The van der Waals surface area contributed by atoms with Crippen LogP contribution in [-0.2, 0) is 34.9 Å². The predicted molar refractivity (Wildman–Crippen MR) is 139 cm³/mol. The fourth-order valence-electron chi connectivity index (χ4n) is 3.76. The van der Waals surface area contributed by atoms with Crippen LogP contribution in [0.5, 0.6) is 0 Å².